The SMILES string of the molecule is CNC(CCc1ccc(OC)cc1)CC1CCCCC1. The third-order valence-electron chi connectivity index (χ3n) is 4.69. The van der Waals surface area contributed by atoms with Gasteiger partial charge < -0.3 is 10.1 Å². The Bertz CT molecular complexity index is 368. The second-order valence-corrected chi connectivity index (χ2v) is 6.11. The van der Waals surface area contributed by atoms with Crippen LogP contribution in [0.4, 0.5) is 0 Å². The minimum atomic E-state index is 0.667. The van der Waals surface area contributed by atoms with Crippen LogP contribution in [0.2, 0.25) is 0 Å². The highest BCUT2D eigenvalue weighted by Crippen LogP contribution is 2.28. The van der Waals surface area contributed by atoms with Crippen LogP contribution in [0, 0.1) is 5.92 Å². The Kier molecular flexibility index (Phi) is 6.38. The number of methoxy groups -OCH3 is 1. The van der Waals surface area contributed by atoms with Gasteiger partial charge in [-0.25, -0.2) is 0 Å². The normalized spacial score (nSPS) is 17.9. The van der Waals surface area contributed by atoms with Crippen LogP contribution < -0.4 is 10.1 Å². The van der Waals surface area contributed by atoms with Gasteiger partial charge in [-0.05, 0) is 49.9 Å². The number of nitrogens with one attached hydrogen (secondary N) is 1. The van der Waals surface area contributed by atoms with Crippen LogP contribution in [-0.2, 0) is 6.42 Å². The van der Waals surface area contributed by atoms with Crippen LogP contribution in [0.15, 0.2) is 24.3 Å². The van der Waals surface area contributed by atoms with Crippen molar-refractivity contribution in [2.45, 2.75) is 57.4 Å². The van der Waals surface area contributed by atoms with Crippen molar-refractivity contribution in [3.05, 3.63) is 29.8 Å². The minimum absolute atomic E-state index is 0.667. The first-order valence-corrected chi connectivity index (χ1v) is 8.12. The predicted molar refractivity (Wildman–Crippen MR) is 85.4 cm³/mol. The predicted octanol–water partition coefficient (Wildman–Crippen LogP) is 4.19. The minimum Gasteiger partial charge on any atom is -0.497 e. The first kappa shape index (κ1) is 15.4. The maximum absolute atomic E-state index is 5.20. The van der Waals surface area contributed by atoms with Crippen molar-refractivity contribution in [1.29, 1.82) is 0 Å². The second-order valence-electron chi connectivity index (χ2n) is 6.11. The quantitative estimate of drug-likeness (QED) is 0.806. The maximum Gasteiger partial charge on any atom is 0.118 e. The molecule has 0 amide bonds. The number of ether oxygens (including phenoxy) is 1. The lowest BCUT2D eigenvalue weighted by Gasteiger charge is -2.26. The third-order valence-corrected chi connectivity index (χ3v) is 4.69. The van der Waals surface area contributed by atoms with E-state index in [1.165, 1.54) is 50.5 Å². The number of hydrogen-bond acceptors (Lipinski definition) is 2. The Morgan fingerprint density at radius 1 is 1.15 bits per heavy atom. The zero-order valence-corrected chi connectivity index (χ0v) is 13.0. The molecule has 1 unspecified atom stereocenters. The summed E-state index contributed by atoms with van der Waals surface area (Å²) in [5, 5.41) is 3.52. The van der Waals surface area contributed by atoms with E-state index in [2.05, 4.69) is 36.6 Å². The van der Waals surface area contributed by atoms with E-state index >= 15 is 0 Å². The molecule has 0 aliphatic heterocycles. The van der Waals surface area contributed by atoms with Gasteiger partial charge in [0.2, 0.25) is 0 Å². The molecule has 0 saturated heterocycles. The van der Waals surface area contributed by atoms with Gasteiger partial charge in [-0.2, -0.15) is 0 Å². The van der Waals surface area contributed by atoms with Gasteiger partial charge >= 0.3 is 0 Å². The average molecular weight is 275 g/mol. The van der Waals surface area contributed by atoms with Crippen LogP contribution in [0.1, 0.15) is 50.5 Å². The molecule has 112 valence electrons. The first-order valence-electron chi connectivity index (χ1n) is 8.12. The van der Waals surface area contributed by atoms with Crippen LogP contribution in [0.5, 0.6) is 5.75 Å². The highest BCUT2D eigenvalue weighted by molar-refractivity contribution is 5.27. The Morgan fingerprint density at radius 3 is 2.45 bits per heavy atom. The van der Waals surface area contributed by atoms with Gasteiger partial charge in [0.25, 0.3) is 0 Å². The lowest BCUT2D eigenvalue weighted by molar-refractivity contribution is 0.297. The van der Waals surface area contributed by atoms with Crippen molar-refractivity contribution in [3.8, 4) is 5.75 Å². The lowest BCUT2D eigenvalue weighted by atomic mass is 9.84. The first-order chi connectivity index (χ1) is 9.81. The zero-order valence-electron chi connectivity index (χ0n) is 13.0. The van der Waals surface area contributed by atoms with Crippen molar-refractivity contribution >= 4 is 0 Å². The van der Waals surface area contributed by atoms with E-state index in [1.54, 1.807) is 7.11 Å². The molecular weight excluding hydrogens is 246 g/mol. The van der Waals surface area contributed by atoms with Gasteiger partial charge in [0.1, 0.15) is 5.75 Å². The van der Waals surface area contributed by atoms with Gasteiger partial charge in [-0.15, -0.1) is 0 Å². The summed E-state index contributed by atoms with van der Waals surface area (Å²) >= 11 is 0. The molecule has 0 aromatic heterocycles. The Balaban J connectivity index is 1.77. The molecule has 1 fully saturated rings. The van der Waals surface area contributed by atoms with Gasteiger partial charge in [0.05, 0.1) is 7.11 Å². The Labute approximate surface area is 123 Å². The van der Waals surface area contributed by atoms with Crippen molar-refractivity contribution in [2.75, 3.05) is 14.2 Å². The molecule has 1 aromatic carbocycles. The summed E-state index contributed by atoms with van der Waals surface area (Å²) in [4.78, 5) is 0. The molecule has 1 atom stereocenters. The highest BCUT2D eigenvalue weighted by atomic mass is 16.5. The standard InChI is InChI=1S/C18H29NO/c1-19-17(14-16-6-4-3-5-7-16)11-8-15-9-12-18(20-2)13-10-15/h9-10,12-13,16-17,19H,3-8,11,14H2,1-2H3. The van der Waals surface area contributed by atoms with Gasteiger partial charge in [-0.3, -0.25) is 0 Å². The van der Waals surface area contributed by atoms with Crippen molar-refractivity contribution < 1.29 is 4.74 Å². The van der Waals surface area contributed by atoms with E-state index in [4.69, 9.17) is 4.74 Å². The van der Waals surface area contributed by atoms with Crippen LogP contribution >= 0.6 is 0 Å². The molecule has 2 rings (SSSR count). The zero-order chi connectivity index (χ0) is 14.2. The molecule has 2 heteroatoms. The lowest BCUT2D eigenvalue weighted by Crippen LogP contribution is -2.29. The van der Waals surface area contributed by atoms with E-state index < -0.39 is 0 Å². The van der Waals surface area contributed by atoms with Crippen molar-refractivity contribution in [3.63, 3.8) is 0 Å². The number of aryl methyl sites for hydroxylation is 1. The van der Waals surface area contributed by atoms with E-state index in [0.717, 1.165) is 18.1 Å². The van der Waals surface area contributed by atoms with Crippen LogP contribution in [-0.4, -0.2) is 20.2 Å². The number of hydrogen-bond donors (Lipinski definition) is 1. The summed E-state index contributed by atoms with van der Waals surface area (Å²) < 4.78 is 5.20. The molecule has 2 nitrogen and oxygen atoms in total. The monoisotopic (exact) mass is 275 g/mol. The molecule has 0 spiro atoms. The van der Waals surface area contributed by atoms with E-state index in [-0.39, 0.29) is 0 Å². The second kappa shape index (κ2) is 8.31. The molecular formula is C18H29NO. The van der Waals surface area contributed by atoms with Gasteiger partial charge in [0, 0.05) is 6.04 Å². The topological polar surface area (TPSA) is 21.3 Å². The summed E-state index contributed by atoms with van der Waals surface area (Å²) in [6.07, 6.45) is 11.0. The van der Waals surface area contributed by atoms with Crippen molar-refractivity contribution in [1.82, 2.24) is 5.32 Å². The Hall–Kier alpha value is -1.02. The molecule has 1 aromatic rings. The molecule has 0 heterocycles. The summed E-state index contributed by atoms with van der Waals surface area (Å²) in [5.74, 6) is 1.90. The maximum atomic E-state index is 5.20. The fourth-order valence-electron chi connectivity index (χ4n) is 3.34. The van der Waals surface area contributed by atoms with Crippen LogP contribution in [0.3, 0.4) is 0 Å². The molecule has 1 saturated carbocycles. The average Bonchev–Trinajstić information content (AvgIpc) is 2.53. The number of benzene rings is 1. The summed E-state index contributed by atoms with van der Waals surface area (Å²) in [6, 6.07) is 9.16. The summed E-state index contributed by atoms with van der Waals surface area (Å²) in [6.45, 7) is 0. The van der Waals surface area contributed by atoms with Gasteiger partial charge in [-0.1, -0.05) is 44.2 Å². The Morgan fingerprint density at radius 2 is 1.85 bits per heavy atom. The van der Waals surface area contributed by atoms with Crippen LogP contribution in [0.25, 0.3) is 0 Å². The van der Waals surface area contributed by atoms with E-state index in [1.807, 2.05) is 0 Å². The fourth-order valence-corrected chi connectivity index (χ4v) is 3.34. The molecule has 0 radical (unpaired) electrons. The molecule has 1 aliphatic carbocycles. The smallest absolute Gasteiger partial charge is 0.118 e. The largest absolute Gasteiger partial charge is 0.497 e. The molecule has 1 N–H and O–H groups in total. The van der Waals surface area contributed by atoms with E-state index in [9.17, 15) is 0 Å². The van der Waals surface area contributed by atoms with E-state index in [0.29, 0.717) is 6.04 Å². The van der Waals surface area contributed by atoms with Crippen molar-refractivity contribution in [2.24, 2.45) is 5.92 Å². The summed E-state index contributed by atoms with van der Waals surface area (Å²) in [7, 11) is 3.83. The third kappa shape index (κ3) is 4.82. The fraction of sp³-hybridized carbons (Fsp3) is 0.667. The van der Waals surface area contributed by atoms with Gasteiger partial charge in [0.15, 0.2) is 0 Å². The molecule has 20 heavy (non-hydrogen) atoms. The number of rotatable bonds is 7. The molecule has 0 bridgehead atoms. The highest BCUT2D eigenvalue weighted by Gasteiger charge is 2.17. The summed E-state index contributed by atoms with van der Waals surface area (Å²) in [5.41, 5.74) is 1.41. The molecule has 1 aliphatic rings.